The van der Waals surface area contributed by atoms with Crippen LogP contribution in [0.1, 0.15) is 25.3 Å². The van der Waals surface area contributed by atoms with E-state index >= 15 is 0 Å². The zero-order chi connectivity index (χ0) is 11.3. The first-order valence-corrected chi connectivity index (χ1v) is 5.46. The first kappa shape index (κ1) is 11.8. The van der Waals surface area contributed by atoms with Crippen LogP contribution in [0, 0.1) is 10.8 Å². The molecule has 1 rings (SSSR count). The third-order valence-corrected chi connectivity index (χ3v) is 2.19. The van der Waals surface area contributed by atoms with Crippen molar-refractivity contribution in [1.29, 1.82) is 0 Å². The van der Waals surface area contributed by atoms with Gasteiger partial charge in [-0.25, -0.2) is 0 Å². The molecule has 1 N–H and O–H groups in total. The van der Waals surface area contributed by atoms with E-state index in [0.717, 1.165) is 11.3 Å². The molecule has 0 heterocycles. The molecule has 0 saturated carbocycles. The minimum absolute atomic E-state index is 0.306. The van der Waals surface area contributed by atoms with Gasteiger partial charge in [-0.3, -0.25) is 4.79 Å². The van der Waals surface area contributed by atoms with Gasteiger partial charge < -0.3 is 5.32 Å². The maximum absolute atomic E-state index is 11.3. The van der Waals surface area contributed by atoms with Crippen LogP contribution in [0.15, 0.2) is 24.3 Å². The molecule has 1 amide bonds. The smallest absolute Gasteiger partial charge is 0.301 e. The van der Waals surface area contributed by atoms with E-state index in [2.05, 4.69) is 45.8 Å². The highest BCUT2D eigenvalue weighted by Gasteiger charge is 2.06. The highest BCUT2D eigenvalue weighted by Crippen LogP contribution is 2.23. The first-order valence-electron chi connectivity index (χ1n) is 4.66. The molecule has 2 nitrogen and oxygen atoms in total. The summed E-state index contributed by atoms with van der Waals surface area (Å²) in [6.07, 6.45) is 0. The van der Waals surface area contributed by atoms with E-state index < -0.39 is 0 Å². The molecule has 0 atom stereocenters. The molecule has 0 aliphatic rings. The summed E-state index contributed by atoms with van der Waals surface area (Å²) in [7, 11) is 0. The van der Waals surface area contributed by atoms with Crippen LogP contribution >= 0.6 is 15.9 Å². The number of anilines is 1. The van der Waals surface area contributed by atoms with Crippen molar-refractivity contribution in [3.05, 3.63) is 29.8 Å². The van der Waals surface area contributed by atoms with Crippen LogP contribution in [-0.4, -0.2) is 5.91 Å². The van der Waals surface area contributed by atoms with Crippen LogP contribution in [-0.2, 0) is 4.79 Å². The van der Waals surface area contributed by atoms with Crippen molar-refractivity contribution >= 4 is 27.5 Å². The zero-order valence-electron chi connectivity index (χ0n) is 8.67. The van der Waals surface area contributed by atoms with Gasteiger partial charge in [0.05, 0.1) is 0 Å². The van der Waals surface area contributed by atoms with Crippen molar-refractivity contribution in [2.24, 2.45) is 0 Å². The lowest BCUT2D eigenvalue weighted by Crippen LogP contribution is -2.10. The van der Waals surface area contributed by atoms with Gasteiger partial charge in [0.15, 0.2) is 0 Å². The standard InChI is InChI=1S/C12H12BrNO/c1-9(2)10-5-3-4-6-11(10)14-12(15)7-8-13/h3-6,9H,1-2H3,(H,14,15). The molecule has 0 saturated heterocycles. The van der Waals surface area contributed by atoms with Crippen molar-refractivity contribution in [2.75, 3.05) is 5.32 Å². The predicted octanol–water partition coefficient (Wildman–Crippen LogP) is 3.10. The Balaban J connectivity index is 2.92. The van der Waals surface area contributed by atoms with E-state index in [1.54, 1.807) is 0 Å². The molecule has 3 heteroatoms. The molecule has 0 aliphatic carbocycles. The number of halogens is 1. The first-order chi connectivity index (χ1) is 7.15. The number of amides is 1. The third kappa shape index (κ3) is 3.41. The number of hydrogen-bond acceptors (Lipinski definition) is 1. The lowest BCUT2D eigenvalue weighted by atomic mass is 10.0. The monoisotopic (exact) mass is 265 g/mol. The highest BCUT2D eigenvalue weighted by atomic mass is 79.9. The topological polar surface area (TPSA) is 29.1 Å². The van der Waals surface area contributed by atoms with Crippen LogP contribution in [0.2, 0.25) is 0 Å². The normalized spacial score (nSPS) is 9.33. The molecule has 0 fully saturated rings. The minimum atomic E-state index is -0.306. The van der Waals surface area contributed by atoms with Gasteiger partial charge in [-0.05, 0) is 22.4 Å². The maximum atomic E-state index is 11.3. The molecule has 1 aromatic carbocycles. The van der Waals surface area contributed by atoms with Crippen molar-refractivity contribution in [1.82, 2.24) is 0 Å². The van der Waals surface area contributed by atoms with E-state index in [1.807, 2.05) is 24.3 Å². The van der Waals surface area contributed by atoms with E-state index in [-0.39, 0.29) is 5.91 Å². The van der Waals surface area contributed by atoms with E-state index in [4.69, 9.17) is 0 Å². The fraction of sp³-hybridized carbons (Fsp3) is 0.250. The van der Waals surface area contributed by atoms with Crippen LogP contribution in [0.5, 0.6) is 0 Å². The fourth-order valence-corrected chi connectivity index (χ4v) is 1.49. The molecule has 0 spiro atoms. The van der Waals surface area contributed by atoms with Crippen molar-refractivity contribution in [3.63, 3.8) is 0 Å². The summed E-state index contributed by atoms with van der Waals surface area (Å²) in [6.45, 7) is 4.17. The van der Waals surface area contributed by atoms with Gasteiger partial charge in [0.25, 0.3) is 0 Å². The van der Waals surface area contributed by atoms with E-state index in [1.165, 1.54) is 0 Å². The average Bonchev–Trinajstić information content (AvgIpc) is 2.18. The summed E-state index contributed by atoms with van der Waals surface area (Å²) in [6, 6.07) is 7.73. The summed E-state index contributed by atoms with van der Waals surface area (Å²) < 4.78 is 0. The molecule has 78 valence electrons. The maximum Gasteiger partial charge on any atom is 0.301 e. The fourth-order valence-electron chi connectivity index (χ4n) is 1.31. The molecule has 15 heavy (non-hydrogen) atoms. The van der Waals surface area contributed by atoms with Crippen LogP contribution in [0.3, 0.4) is 0 Å². The summed E-state index contributed by atoms with van der Waals surface area (Å²) in [5, 5.41) is 2.75. The Bertz CT molecular complexity index is 415. The largest absolute Gasteiger partial charge is 0.315 e. The van der Waals surface area contributed by atoms with Crippen LogP contribution in [0.4, 0.5) is 5.69 Å². The van der Waals surface area contributed by atoms with Gasteiger partial charge in [0.2, 0.25) is 0 Å². The molecule has 0 aromatic heterocycles. The van der Waals surface area contributed by atoms with Gasteiger partial charge in [-0.1, -0.05) is 32.0 Å². The predicted molar refractivity (Wildman–Crippen MR) is 65.9 cm³/mol. The van der Waals surface area contributed by atoms with Gasteiger partial charge in [0, 0.05) is 27.5 Å². The Morgan fingerprint density at radius 1 is 1.40 bits per heavy atom. The summed E-state index contributed by atoms with van der Waals surface area (Å²) in [5.74, 6) is 2.44. The summed E-state index contributed by atoms with van der Waals surface area (Å²) in [5.41, 5.74) is 1.94. The van der Waals surface area contributed by atoms with Gasteiger partial charge in [-0.2, -0.15) is 0 Å². The Morgan fingerprint density at radius 2 is 2.07 bits per heavy atom. The number of benzene rings is 1. The number of carbonyl (C=O) groups is 1. The van der Waals surface area contributed by atoms with Crippen LogP contribution < -0.4 is 5.32 Å². The number of nitrogens with one attached hydrogen (secondary N) is 1. The number of carbonyl (C=O) groups excluding carboxylic acids is 1. The lowest BCUT2D eigenvalue weighted by Gasteiger charge is -2.11. The second-order valence-electron chi connectivity index (χ2n) is 3.42. The van der Waals surface area contributed by atoms with Crippen molar-refractivity contribution in [3.8, 4) is 10.8 Å². The Labute approximate surface area is 98.2 Å². The Hall–Kier alpha value is -1.27. The Kier molecular flexibility index (Phi) is 4.38. The SMILES string of the molecule is CC(C)c1ccccc1NC(=O)C#CBr. The summed E-state index contributed by atoms with van der Waals surface area (Å²) in [4.78, 5) is 13.7. The van der Waals surface area contributed by atoms with E-state index in [9.17, 15) is 4.79 Å². The number of hydrogen-bond donors (Lipinski definition) is 1. The van der Waals surface area contributed by atoms with Gasteiger partial charge >= 0.3 is 5.91 Å². The molecular weight excluding hydrogens is 254 g/mol. The van der Waals surface area contributed by atoms with Crippen LogP contribution in [0.25, 0.3) is 0 Å². The van der Waals surface area contributed by atoms with Crippen molar-refractivity contribution in [2.45, 2.75) is 19.8 Å². The van der Waals surface area contributed by atoms with Gasteiger partial charge in [0.1, 0.15) is 0 Å². The number of rotatable bonds is 2. The zero-order valence-corrected chi connectivity index (χ0v) is 10.3. The number of para-hydroxylation sites is 1. The Morgan fingerprint density at radius 3 is 2.67 bits per heavy atom. The van der Waals surface area contributed by atoms with E-state index in [0.29, 0.717) is 5.92 Å². The lowest BCUT2D eigenvalue weighted by molar-refractivity contribution is -0.111. The van der Waals surface area contributed by atoms with Crippen molar-refractivity contribution < 1.29 is 4.79 Å². The molecule has 0 radical (unpaired) electrons. The second-order valence-corrected chi connectivity index (χ2v) is 3.81. The molecular formula is C12H12BrNO. The highest BCUT2D eigenvalue weighted by molar-refractivity contribution is 9.12. The second kappa shape index (κ2) is 5.57. The average molecular weight is 266 g/mol. The molecule has 0 unspecified atom stereocenters. The summed E-state index contributed by atoms with van der Waals surface area (Å²) >= 11 is 2.89. The van der Waals surface area contributed by atoms with Gasteiger partial charge in [-0.15, -0.1) is 0 Å². The quantitative estimate of drug-likeness (QED) is 0.819. The third-order valence-electron chi connectivity index (χ3n) is 1.99. The molecule has 0 aliphatic heterocycles. The molecule has 1 aromatic rings. The molecule has 0 bridgehead atoms. The minimum Gasteiger partial charge on any atom is -0.315 e.